The zero-order valence-corrected chi connectivity index (χ0v) is 11.1. The number of carbonyl (C=O) groups excluding carboxylic acids is 1. The Hall–Kier alpha value is -1.42. The molecule has 0 spiro atoms. The van der Waals surface area contributed by atoms with Crippen LogP contribution in [0.4, 0.5) is 0 Å². The van der Waals surface area contributed by atoms with Gasteiger partial charge in [0.05, 0.1) is 0 Å². The summed E-state index contributed by atoms with van der Waals surface area (Å²) in [6, 6.07) is 3.56. The molecule has 94 valence electrons. The fourth-order valence-electron chi connectivity index (χ4n) is 1.91. The van der Waals surface area contributed by atoms with E-state index in [4.69, 9.17) is 0 Å². The maximum Gasteiger partial charge on any atom is 0.244 e. The van der Waals surface area contributed by atoms with Crippen molar-refractivity contribution in [3.63, 3.8) is 0 Å². The number of amides is 1. The molecule has 0 saturated heterocycles. The quantitative estimate of drug-likeness (QED) is 0.777. The lowest BCUT2D eigenvalue weighted by Crippen LogP contribution is -2.40. The van der Waals surface area contributed by atoms with Crippen LogP contribution in [0.25, 0.3) is 0 Å². The molecule has 1 aromatic heterocycles. The second-order valence-electron chi connectivity index (χ2n) is 4.16. The summed E-state index contributed by atoms with van der Waals surface area (Å²) < 4.78 is 0. The smallest absolute Gasteiger partial charge is 0.244 e. The summed E-state index contributed by atoms with van der Waals surface area (Å²) in [5.74, 6) is 0.132. The topological polar surface area (TPSA) is 36.4 Å². The van der Waals surface area contributed by atoms with Crippen LogP contribution in [0.5, 0.6) is 0 Å². The van der Waals surface area contributed by atoms with Crippen LogP contribution in [0, 0.1) is 0 Å². The average molecular weight is 235 g/mol. The van der Waals surface area contributed by atoms with E-state index < -0.39 is 0 Å². The third-order valence-electron chi connectivity index (χ3n) is 2.83. The highest BCUT2D eigenvalue weighted by Crippen LogP contribution is 2.19. The van der Waals surface area contributed by atoms with Gasteiger partial charge in [-0.1, -0.05) is 6.07 Å². The standard InChI is InChI=1S/C13H21N3O/c1-5-16(6-2)13(17)12(15(3)4)11-8-7-9-14-10-11/h7-10,12H,5-6H2,1-4H3. The van der Waals surface area contributed by atoms with Gasteiger partial charge >= 0.3 is 0 Å². The van der Waals surface area contributed by atoms with Crippen LogP contribution < -0.4 is 0 Å². The number of nitrogens with zero attached hydrogens (tertiary/aromatic N) is 3. The normalized spacial score (nSPS) is 12.5. The van der Waals surface area contributed by atoms with E-state index in [0.717, 1.165) is 18.7 Å². The van der Waals surface area contributed by atoms with E-state index in [1.54, 1.807) is 12.4 Å². The Kier molecular flexibility index (Phi) is 5.10. The van der Waals surface area contributed by atoms with Crippen LogP contribution in [-0.4, -0.2) is 47.9 Å². The van der Waals surface area contributed by atoms with Crippen LogP contribution in [0.15, 0.2) is 24.5 Å². The van der Waals surface area contributed by atoms with Crippen LogP contribution in [0.2, 0.25) is 0 Å². The third kappa shape index (κ3) is 3.27. The van der Waals surface area contributed by atoms with E-state index in [2.05, 4.69) is 4.98 Å². The zero-order valence-electron chi connectivity index (χ0n) is 11.1. The summed E-state index contributed by atoms with van der Waals surface area (Å²) in [6.45, 7) is 5.47. The minimum absolute atomic E-state index is 0.132. The lowest BCUT2D eigenvalue weighted by atomic mass is 10.1. The number of pyridine rings is 1. The van der Waals surface area contributed by atoms with Gasteiger partial charge in [-0.15, -0.1) is 0 Å². The fraction of sp³-hybridized carbons (Fsp3) is 0.538. The van der Waals surface area contributed by atoms with Crippen molar-refractivity contribution >= 4 is 5.91 Å². The Balaban J connectivity index is 2.98. The lowest BCUT2D eigenvalue weighted by molar-refractivity contribution is -0.136. The molecule has 0 bridgehead atoms. The number of hydrogen-bond donors (Lipinski definition) is 0. The number of carbonyl (C=O) groups is 1. The molecule has 0 saturated carbocycles. The first-order valence-electron chi connectivity index (χ1n) is 5.96. The second-order valence-corrected chi connectivity index (χ2v) is 4.16. The van der Waals surface area contributed by atoms with E-state index in [-0.39, 0.29) is 11.9 Å². The summed E-state index contributed by atoms with van der Waals surface area (Å²) in [4.78, 5) is 20.3. The third-order valence-corrected chi connectivity index (χ3v) is 2.83. The predicted molar refractivity (Wildman–Crippen MR) is 68.6 cm³/mol. The van der Waals surface area contributed by atoms with Gasteiger partial charge in [-0.05, 0) is 39.6 Å². The van der Waals surface area contributed by atoms with Gasteiger partial charge < -0.3 is 4.90 Å². The molecule has 1 atom stereocenters. The van der Waals surface area contributed by atoms with Crippen LogP contribution in [-0.2, 0) is 4.79 Å². The van der Waals surface area contributed by atoms with E-state index in [1.165, 1.54) is 0 Å². The maximum atomic E-state index is 12.4. The molecular weight excluding hydrogens is 214 g/mol. The number of rotatable bonds is 5. The first-order valence-corrected chi connectivity index (χ1v) is 5.96. The van der Waals surface area contributed by atoms with Gasteiger partial charge in [-0.3, -0.25) is 14.7 Å². The van der Waals surface area contributed by atoms with Crippen LogP contribution >= 0.6 is 0 Å². The average Bonchev–Trinajstić information content (AvgIpc) is 2.31. The van der Waals surface area contributed by atoms with Crippen molar-refractivity contribution in [1.82, 2.24) is 14.8 Å². The summed E-state index contributed by atoms with van der Waals surface area (Å²) in [6.07, 6.45) is 3.48. The van der Waals surface area contributed by atoms with Crippen molar-refractivity contribution in [1.29, 1.82) is 0 Å². The van der Waals surface area contributed by atoms with Gasteiger partial charge in [0.25, 0.3) is 0 Å². The highest BCUT2D eigenvalue weighted by atomic mass is 16.2. The van der Waals surface area contributed by atoms with Crippen molar-refractivity contribution in [2.24, 2.45) is 0 Å². The first-order chi connectivity index (χ1) is 8.11. The number of aromatic nitrogens is 1. The van der Waals surface area contributed by atoms with Crippen LogP contribution in [0.1, 0.15) is 25.5 Å². The molecule has 0 aliphatic rings. The molecule has 0 N–H and O–H groups in total. The van der Waals surface area contributed by atoms with Gasteiger partial charge in [-0.25, -0.2) is 0 Å². The Morgan fingerprint density at radius 1 is 1.35 bits per heavy atom. The van der Waals surface area contributed by atoms with Crippen LogP contribution in [0.3, 0.4) is 0 Å². The highest BCUT2D eigenvalue weighted by Gasteiger charge is 2.26. The molecule has 0 fully saturated rings. The fourth-order valence-corrected chi connectivity index (χ4v) is 1.91. The van der Waals surface area contributed by atoms with Crippen molar-refractivity contribution in [3.8, 4) is 0 Å². The summed E-state index contributed by atoms with van der Waals surface area (Å²) in [7, 11) is 3.83. The molecular formula is C13H21N3O. The molecule has 1 heterocycles. The molecule has 1 rings (SSSR count). The SMILES string of the molecule is CCN(CC)C(=O)C(c1cccnc1)N(C)C. The molecule has 0 radical (unpaired) electrons. The van der Waals surface area contributed by atoms with Crippen molar-refractivity contribution in [3.05, 3.63) is 30.1 Å². The molecule has 0 aliphatic heterocycles. The van der Waals surface area contributed by atoms with Crippen molar-refractivity contribution in [2.75, 3.05) is 27.2 Å². The minimum atomic E-state index is -0.247. The van der Waals surface area contributed by atoms with E-state index >= 15 is 0 Å². The maximum absolute atomic E-state index is 12.4. The van der Waals surface area contributed by atoms with Gasteiger partial charge in [-0.2, -0.15) is 0 Å². The van der Waals surface area contributed by atoms with Crippen molar-refractivity contribution in [2.45, 2.75) is 19.9 Å². The zero-order chi connectivity index (χ0) is 12.8. The number of likely N-dealkylation sites (N-methyl/N-ethyl adjacent to an activating group) is 2. The summed E-state index contributed by atoms with van der Waals surface area (Å²) in [5.41, 5.74) is 0.939. The molecule has 4 nitrogen and oxygen atoms in total. The Bertz CT molecular complexity index is 347. The van der Waals surface area contributed by atoms with Crippen molar-refractivity contribution < 1.29 is 4.79 Å². The highest BCUT2D eigenvalue weighted by molar-refractivity contribution is 5.83. The molecule has 0 aromatic carbocycles. The van der Waals surface area contributed by atoms with Gasteiger partial charge in [0.1, 0.15) is 6.04 Å². The van der Waals surface area contributed by atoms with Gasteiger partial charge in [0, 0.05) is 25.5 Å². The van der Waals surface area contributed by atoms with E-state index in [0.29, 0.717) is 0 Å². The molecule has 1 amide bonds. The molecule has 0 aliphatic carbocycles. The Labute approximate surface area is 103 Å². The van der Waals surface area contributed by atoms with E-state index in [9.17, 15) is 4.79 Å². The van der Waals surface area contributed by atoms with Gasteiger partial charge in [0.15, 0.2) is 0 Å². The monoisotopic (exact) mass is 235 g/mol. The molecule has 4 heteroatoms. The lowest BCUT2D eigenvalue weighted by Gasteiger charge is -2.29. The largest absolute Gasteiger partial charge is 0.342 e. The first kappa shape index (κ1) is 13.6. The minimum Gasteiger partial charge on any atom is -0.342 e. The summed E-state index contributed by atoms with van der Waals surface area (Å²) >= 11 is 0. The summed E-state index contributed by atoms with van der Waals surface area (Å²) in [5, 5.41) is 0. The predicted octanol–water partition coefficient (Wildman–Crippen LogP) is 1.55. The van der Waals surface area contributed by atoms with E-state index in [1.807, 2.05) is 49.9 Å². The second kappa shape index (κ2) is 6.35. The Morgan fingerprint density at radius 3 is 2.41 bits per heavy atom. The molecule has 17 heavy (non-hydrogen) atoms. The number of hydrogen-bond acceptors (Lipinski definition) is 3. The van der Waals surface area contributed by atoms with Gasteiger partial charge in [0.2, 0.25) is 5.91 Å². The molecule has 1 aromatic rings. The molecule has 1 unspecified atom stereocenters. The Morgan fingerprint density at radius 2 is 2.00 bits per heavy atom.